The van der Waals surface area contributed by atoms with Crippen LogP contribution in [0.4, 0.5) is 30.5 Å². The Morgan fingerprint density at radius 3 is 2.75 bits per heavy atom. The van der Waals surface area contributed by atoms with Crippen molar-refractivity contribution in [2.45, 2.75) is 43.4 Å². The van der Waals surface area contributed by atoms with E-state index >= 15 is 0 Å². The van der Waals surface area contributed by atoms with Crippen LogP contribution in [0.2, 0.25) is 0 Å². The quantitative estimate of drug-likeness (QED) is 0.536. The van der Waals surface area contributed by atoms with Gasteiger partial charge in [0.1, 0.15) is 29.1 Å². The molecule has 32 heavy (non-hydrogen) atoms. The fourth-order valence-electron chi connectivity index (χ4n) is 3.73. The van der Waals surface area contributed by atoms with Gasteiger partial charge in [-0.05, 0) is 18.6 Å². The number of anilines is 3. The van der Waals surface area contributed by atoms with Gasteiger partial charge >= 0.3 is 0 Å². The van der Waals surface area contributed by atoms with E-state index < -0.39 is 35.6 Å². The number of hydrogen-bond donors (Lipinski definition) is 3. The van der Waals surface area contributed by atoms with E-state index in [-0.39, 0.29) is 35.6 Å². The summed E-state index contributed by atoms with van der Waals surface area (Å²) in [4.78, 5) is 29.7. The summed E-state index contributed by atoms with van der Waals surface area (Å²) in [6.45, 7) is 0. The van der Waals surface area contributed by atoms with Gasteiger partial charge in [-0.2, -0.15) is 9.61 Å². The Bertz CT molecular complexity index is 1270. The molecular weight excluding hydrogens is 427 g/mol. The van der Waals surface area contributed by atoms with Crippen molar-refractivity contribution in [1.29, 1.82) is 0 Å². The number of rotatable bonds is 6. The standard InChI is InChI=1S/C20H20F3N7O2/c1-24-16-8-15(26-12-3-2-6-29(19(12)32)13-7-11(13)21)28-17-10(9-25-30(16)17)18(31)27-14-4-5-20(14,22)23/h2-3,6,8-9,11,13-14,24H,4-5,7H2,1H3,(H,26,28)(H,27,31)/t11-,13-,14+/m0/s1. The van der Waals surface area contributed by atoms with Gasteiger partial charge < -0.3 is 20.5 Å². The Balaban J connectivity index is 1.48. The lowest BCUT2D eigenvalue weighted by molar-refractivity contribution is -0.102. The van der Waals surface area contributed by atoms with Gasteiger partial charge in [-0.25, -0.2) is 18.2 Å². The molecular formula is C20H20F3N7O2. The minimum atomic E-state index is -2.93. The second-order valence-electron chi connectivity index (χ2n) is 7.97. The second-order valence-corrected chi connectivity index (χ2v) is 7.97. The molecule has 2 aliphatic rings. The summed E-state index contributed by atoms with van der Waals surface area (Å²) >= 11 is 0. The molecule has 9 nitrogen and oxygen atoms in total. The molecule has 0 radical (unpaired) electrons. The molecule has 3 heterocycles. The maximum Gasteiger partial charge on any atom is 0.274 e. The molecule has 3 aromatic heterocycles. The first kappa shape index (κ1) is 20.3. The molecule has 1 amide bonds. The highest BCUT2D eigenvalue weighted by Gasteiger charge is 2.49. The van der Waals surface area contributed by atoms with Gasteiger partial charge in [-0.15, -0.1) is 0 Å². The van der Waals surface area contributed by atoms with Crippen LogP contribution in [0.1, 0.15) is 35.7 Å². The number of nitrogens with one attached hydrogen (secondary N) is 3. The molecule has 0 bridgehead atoms. The van der Waals surface area contributed by atoms with Crippen LogP contribution in [0.15, 0.2) is 35.4 Å². The zero-order valence-corrected chi connectivity index (χ0v) is 17.0. The molecule has 3 aromatic rings. The van der Waals surface area contributed by atoms with Crippen LogP contribution in [0.5, 0.6) is 0 Å². The van der Waals surface area contributed by atoms with E-state index in [1.807, 2.05) is 0 Å². The zero-order valence-electron chi connectivity index (χ0n) is 17.0. The van der Waals surface area contributed by atoms with Crippen molar-refractivity contribution in [3.05, 3.63) is 46.5 Å². The number of halogens is 3. The molecule has 168 valence electrons. The van der Waals surface area contributed by atoms with E-state index in [0.717, 1.165) is 0 Å². The summed E-state index contributed by atoms with van der Waals surface area (Å²) in [5.41, 5.74) is -0.0625. The average Bonchev–Trinajstić information content (AvgIpc) is 3.33. The lowest BCUT2D eigenvalue weighted by Gasteiger charge is -2.36. The highest BCUT2D eigenvalue weighted by molar-refractivity contribution is 6.00. The van der Waals surface area contributed by atoms with Crippen molar-refractivity contribution in [1.82, 2.24) is 24.5 Å². The Kier molecular flexibility index (Phi) is 4.60. The highest BCUT2D eigenvalue weighted by Crippen LogP contribution is 2.38. The van der Waals surface area contributed by atoms with Crippen molar-refractivity contribution >= 4 is 28.9 Å². The first-order valence-electron chi connectivity index (χ1n) is 10.2. The van der Waals surface area contributed by atoms with E-state index in [4.69, 9.17) is 0 Å². The molecule has 0 spiro atoms. The Hall–Kier alpha value is -3.57. The first-order valence-corrected chi connectivity index (χ1v) is 10.2. The number of pyridine rings is 1. The Morgan fingerprint density at radius 1 is 1.34 bits per heavy atom. The van der Waals surface area contributed by atoms with E-state index in [1.165, 1.54) is 21.5 Å². The number of carbonyl (C=O) groups excluding carboxylic acids is 1. The van der Waals surface area contributed by atoms with Crippen LogP contribution >= 0.6 is 0 Å². The normalized spacial score (nSPS) is 23.4. The number of amides is 1. The molecule has 12 heteroatoms. The Labute approximate surface area is 179 Å². The van der Waals surface area contributed by atoms with Crippen LogP contribution in [-0.2, 0) is 0 Å². The number of hydrogen-bond acceptors (Lipinski definition) is 6. The van der Waals surface area contributed by atoms with Crippen LogP contribution < -0.4 is 21.5 Å². The number of carbonyl (C=O) groups is 1. The van der Waals surface area contributed by atoms with Crippen LogP contribution in [0.3, 0.4) is 0 Å². The summed E-state index contributed by atoms with van der Waals surface area (Å²) in [6.07, 6.45) is 1.98. The fraction of sp³-hybridized carbons (Fsp3) is 0.400. The van der Waals surface area contributed by atoms with E-state index in [2.05, 4.69) is 26.0 Å². The topological polar surface area (TPSA) is 105 Å². The van der Waals surface area contributed by atoms with Crippen molar-refractivity contribution in [2.75, 3.05) is 17.7 Å². The van der Waals surface area contributed by atoms with Gasteiger partial charge in [0, 0.05) is 32.2 Å². The van der Waals surface area contributed by atoms with E-state index in [1.54, 1.807) is 25.2 Å². The number of alkyl halides is 3. The van der Waals surface area contributed by atoms with Crippen molar-refractivity contribution in [3.63, 3.8) is 0 Å². The third-order valence-corrected chi connectivity index (χ3v) is 5.83. The second kappa shape index (κ2) is 7.24. The van der Waals surface area contributed by atoms with Crippen molar-refractivity contribution in [2.24, 2.45) is 0 Å². The number of fused-ring (bicyclic) bond motifs is 1. The molecule has 2 saturated carbocycles. The monoisotopic (exact) mass is 447 g/mol. The van der Waals surface area contributed by atoms with Crippen LogP contribution in [0.25, 0.3) is 5.65 Å². The van der Waals surface area contributed by atoms with Gasteiger partial charge in [0.15, 0.2) is 5.65 Å². The molecule has 0 aromatic carbocycles. The molecule has 0 unspecified atom stereocenters. The van der Waals surface area contributed by atoms with E-state index in [9.17, 15) is 22.8 Å². The molecule has 0 aliphatic heterocycles. The zero-order chi connectivity index (χ0) is 22.6. The van der Waals surface area contributed by atoms with Crippen molar-refractivity contribution in [3.8, 4) is 0 Å². The molecule has 2 fully saturated rings. The summed E-state index contributed by atoms with van der Waals surface area (Å²) in [5, 5.41) is 12.3. The lowest BCUT2D eigenvalue weighted by Crippen LogP contribution is -2.55. The maximum atomic E-state index is 13.6. The molecule has 5 rings (SSSR count). The molecule has 2 aliphatic carbocycles. The maximum absolute atomic E-state index is 13.6. The minimum Gasteiger partial charge on any atom is -0.373 e. The van der Waals surface area contributed by atoms with Crippen LogP contribution in [0, 0.1) is 0 Å². The average molecular weight is 447 g/mol. The first-order chi connectivity index (χ1) is 15.3. The molecule has 3 atom stereocenters. The smallest absolute Gasteiger partial charge is 0.274 e. The van der Waals surface area contributed by atoms with Gasteiger partial charge in [0.05, 0.1) is 18.3 Å². The van der Waals surface area contributed by atoms with Crippen molar-refractivity contribution < 1.29 is 18.0 Å². The molecule has 0 saturated heterocycles. The predicted molar refractivity (Wildman–Crippen MR) is 111 cm³/mol. The van der Waals surface area contributed by atoms with Crippen LogP contribution in [-0.4, -0.2) is 50.3 Å². The summed E-state index contributed by atoms with van der Waals surface area (Å²) in [7, 11) is 1.64. The predicted octanol–water partition coefficient (Wildman–Crippen LogP) is 2.49. The summed E-state index contributed by atoms with van der Waals surface area (Å²) in [6, 6.07) is 3.06. The van der Waals surface area contributed by atoms with E-state index in [0.29, 0.717) is 12.2 Å². The third-order valence-electron chi connectivity index (χ3n) is 5.83. The largest absolute Gasteiger partial charge is 0.373 e. The van der Waals surface area contributed by atoms with Gasteiger partial charge in [-0.3, -0.25) is 9.59 Å². The lowest BCUT2D eigenvalue weighted by atomic mass is 9.88. The Morgan fingerprint density at radius 2 is 2.12 bits per heavy atom. The third kappa shape index (κ3) is 3.35. The highest BCUT2D eigenvalue weighted by atomic mass is 19.3. The minimum absolute atomic E-state index is 0.0246. The van der Waals surface area contributed by atoms with Gasteiger partial charge in [-0.1, -0.05) is 0 Å². The summed E-state index contributed by atoms with van der Waals surface area (Å²) < 4.78 is 43.3. The molecule has 3 N–H and O–H groups in total. The SMILES string of the molecule is CNc1cc(Nc2cccn([C@H]3C[C@@H]3F)c2=O)nc2c(C(=O)N[C@@H]3CCC3(F)F)cnn12. The summed E-state index contributed by atoms with van der Waals surface area (Å²) in [5.74, 6) is -2.95. The van der Waals surface area contributed by atoms with Gasteiger partial charge in [0.2, 0.25) is 0 Å². The number of aromatic nitrogens is 4. The van der Waals surface area contributed by atoms with Gasteiger partial charge in [0.25, 0.3) is 17.4 Å². The number of nitrogens with zero attached hydrogens (tertiary/aromatic N) is 4. The fourth-order valence-corrected chi connectivity index (χ4v) is 3.73.